The average molecular weight is 248 g/mol. The minimum atomic E-state index is -0.646. The molecule has 0 aliphatic heterocycles. The molecule has 1 aliphatic carbocycles. The van der Waals surface area contributed by atoms with Crippen LogP contribution in [0.3, 0.4) is 0 Å². The van der Waals surface area contributed by atoms with Crippen molar-refractivity contribution in [2.45, 2.75) is 37.8 Å². The van der Waals surface area contributed by atoms with E-state index in [0.29, 0.717) is 6.54 Å². The van der Waals surface area contributed by atoms with Gasteiger partial charge in [0.15, 0.2) is 0 Å². The Morgan fingerprint density at radius 1 is 1.33 bits per heavy atom. The smallest absolute Gasteiger partial charge is 0.240 e. The molecule has 0 spiro atoms. The molecule has 4 nitrogen and oxygen atoms in total. The van der Waals surface area contributed by atoms with Crippen molar-refractivity contribution < 1.29 is 9.53 Å². The van der Waals surface area contributed by atoms with Gasteiger partial charge < -0.3 is 15.8 Å². The normalized spacial score (nSPS) is 17.4. The first-order valence-electron chi connectivity index (χ1n) is 6.34. The fourth-order valence-electron chi connectivity index (χ4n) is 2.33. The monoisotopic (exact) mass is 248 g/mol. The lowest BCUT2D eigenvalue weighted by atomic mass is 9.98. The van der Waals surface area contributed by atoms with E-state index in [4.69, 9.17) is 10.5 Å². The predicted molar refractivity (Wildman–Crippen MR) is 70.2 cm³/mol. The van der Waals surface area contributed by atoms with Crippen LogP contribution in [0.25, 0.3) is 0 Å². The number of hydrogen-bond acceptors (Lipinski definition) is 3. The second-order valence-electron chi connectivity index (χ2n) is 4.89. The van der Waals surface area contributed by atoms with Gasteiger partial charge in [-0.05, 0) is 30.5 Å². The molecule has 0 aromatic heterocycles. The van der Waals surface area contributed by atoms with Crippen molar-refractivity contribution in [2.75, 3.05) is 7.11 Å². The summed E-state index contributed by atoms with van der Waals surface area (Å²) in [5.41, 5.74) is 6.48. The average Bonchev–Trinajstić information content (AvgIpc) is 2.85. The number of carbonyl (C=O) groups excluding carboxylic acids is 1. The van der Waals surface area contributed by atoms with E-state index in [-0.39, 0.29) is 5.91 Å². The summed E-state index contributed by atoms with van der Waals surface area (Å²) in [7, 11) is 1.63. The second kappa shape index (κ2) is 5.40. The van der Waals surface area contributed by atoms with Crippen molar-refractivity contribution in [3.63, 3.8) is 0 Å². The van der Waals surface area contributed by atoms with Gasteiger partial charge in [0.2, 0.25) is 5.91 Å². The standard InChI is InChI=1S/C14H20N2O2/c1-18-12-6-4-11(5-7-12)10-16-13(17)14(15)8-2-3-9-14/h4-7H,2-3,8-10,15H2,1H3,(H,16,17). The maximum atomic E-state index is 12.0. The first kappa shape index (κ1) is 12.9. The highest BCUT2D eigenvalue weighted by Crippen LogP contribution is 2.27. The Morgan fingerprint density at radius 3 is 2.50 bits per heavy atom. The highest BCUT2D eigenvalue weighted by molar-refractivity contribution is 5.86. The number of amides is 1. The van der Waals surface area contributed by atoms with Gasteiger partial charge in [0, 0.05) is 6.54 Å². The number of ether oxygens (including phenoxy) is 1. The Balaban J connectivity index is 1.88. The lowest BCUT2D eigenvalue weighted by Crippen LogP contribution is -2.51. The molecule has 0 unspecified atom stereocenters. The van der Waals surface area contributed by atoms with Gasteiger partial charge in [-0.1, -0.05) is 25.0 Å². The first-order valence-corrected chi connectivity index (χ1v) is 6.34. The Labute approximate surface area is 108 Å². The van der Waals surface area contributed by atoms with Crippen molar-refractivity contribution in [2.24, 2.45) is 5.73 Å². The fourth-order valence-corrected chi connectivity index (χ4v) is 2.33. The number of nitrogens with two attached hydrogens (primary N) is 1. The minimum Gasteiger partial charge on any atom is -0.497 e. The molecule has 1 fully saturated rings. The van der Waals surface area contributed by atoms with E-state index in [1.165, 1.54) is 0 Å². The van der Waals surface area contributed by atoms with Gasteiger partial charge in [-0.15, -0.1) is 0 Å². The molecule has 18 heavy (non-hydrogen) atoms. The van der Waals surface area contributed by atoms with Crippen LogP contribution in [0.1, 0.15) is 31.2 Å². The molecule has 0 bridgehead atoms. The predicted octanol–water partition coefficient (Wildman–Crippen LogP) is 1.58. The molecular weight excluding hydrogens is 228 g/mol. The first-order chi connectivity index (χ1) is 8.64. The summed E-state index contributed by atoms with van der Waals surface area (Å²) in [6, 6.07) is 7.65. The Morgan fingerprint density at radius 2 is 1.94 bits per heavy atom. The van der Waals surface area contributed by atoms with Crippen LogP contribution in [-0.2, 0) is 11.3 Å². The van der Waals surface area contributed by atoms with Crippen molar-refractivity contribution >= 4 is 5.91 Å². The summed E-state index contributed by atoms with van der Waals surface area (Å²) in [6.07, 6.45) is 3.68. The van der Waals surface area contributed by atoms with Crippen LogP contribution in [0.4, 0.5) is 0 Å². The summed E-state index contributed by atoms with van der Waals surface area (Å²) in [5, 5.41) is 2.91. The highest BCUT2D eigenvalue weighted by Gasteiger charge is 2.36. The van der Waals surface area contributed by atoms with Crippen LogP contribution in [0.2, 0.25) is 0 Å². The van der Waals surface area contributed by atoms with Gasteiger partial charge in [0.05, 0.1) is 12.6 Å². The highest BCUT2D eigenvalue weighted by atomic mass is 16.5. The number of benzene rings is 1. The maximum absolute atomic E-state index is 12.0. The largest absolute Gasteiger partial charge is 0.497 e. The summed E-state index contributed by atoms with van der Waals surface area (Å²) >= 11 is 0. The van der Waals surface area contributed by atoms with Gasteiger partial charge >= 0.3 is 0 Å². The van der Waals surface area contributed by atoms with E-state index in [1.807, 2.05) is 24.3 Å². The zero-order valence-electron chi connectivity index (χ0n) is 10.7. The van der Waals surface area contributed by atoms with Crippen LogP contribution >= 0.6 is 0 Å². The summed E-state index contributed by atoms with van der Waals surface area (Å²) in [5.74, 6) is 0.784. The van der Waals surface area contributed by atoms with Crippen LogP contribution in [0.5, 0.6) is 5.75 Å². The van der Waals surface area contributed by atoms with Crippen molar-refractivity contribution in [3.05, 3.63) is 29.8 Å². The molecule has 1 saturated carbocycles. The number of nitrogens with one attached hydrogen (secondary N) is 1. The number of hydrogen-bond donors (Lipinski definition) is 2. The third-order valence-electron chi connectivity index (χ3n) is 3.56. The molecule has 1 aliphatic rings. The molecule has 4 heteroatoms. The third kappa shape index (κ3) is 2.82. The lowest BCUT2D eigenvalue weighted by molar-refractivity contribution is -0.126. The molecule has 1 aromatic carbocycles. The van der Waals surface area contributed by atoms with E-state index in [9.17, 15) is 4.79 Å². The molecule has 0 radical (unpaired) electrons. The minimum absolute atomic E-state index is 0.0316. The molecule has 98 valence electrons. The van der Waals surface area contributed by atoms with E-state index < -0.39 is 5.54 Å². The molecule has 0 atom stereocenters. The van der Waals surface area contributed by atoms with Crippen molar-refractivity contribution in [3.8, 4) is 5.75 Å². The number of rotatable bonds is 4. The Kier molecular flexibility index (Phi) is 3.87. The number of carbonyl (C=O) groups is 1. The second-order valence-corrected chi connectivity index (χ2v) is 4.89. The van der Waals surface area contributed by atoms with E-state index in [0.717, 1.165) is 37.0 Å². The van der Waals surface area contributed by atoms with Gasteiger partial charge in [-0.25, -0.2) is 0 Å². The van der Waals surface area contributed by atoms with Crippen LogP contribution < -0.4 is 15.8 Å². The molecule has 3 N–H and O–H groups in total. The van der Waals surface area contributed by atoms with Crippen LogP contribution in [0, 0.1) is 0 Å². The molecule has 1 amide bonds. The quantitative estimate of drug-likeness (QED) is 0.850. The van der Waals surface area contributed by atoms with Crippen LogP contribution in [-0.4, -0.2) is 18.6 Å². The van der Waals surface area contributed by atoms with Crippen molar-refractivity contribution in [1.82, 2.24) is 5.32 Å². The third-order valence-corrected chi connectivity index (χ3v) is 3.56. The summed E-state index contributed by atoms with van der Waals surface area (Å²) in [6.45, 7) is 0.516. The zero-order valence-corrected chi connectivity index (χ0v) is 10.7. The SMILES string of the molecule is COc1ccc(CNC(=O)C2(N)CCCC2)cc1. The fraction of sp³-hybridized carbons (Fsp3) is 0.500. The molecular formula is C14H20N2O2. The lowest BCUT2D eigenvalue weighted by Gasteiger charge is -2.22. The summed E-state index contributed by atoms with van der Waals surface area (Å²) < 4.78 is 5.08. The molecule has 2 rings (SSSR count). The topological polar surface area (TPSA) is 64.3 Å². The number of methoxy groups -OCH3 is 1. The molecule has 0 saturated heterocycles. The summed E-state index contributed by atoms with van der Waals surface area (Å²) in [4.78, 5) is 12.0. The van der Waals surface area contributed by atoms with Gasteiger partial charge in [-0.2, -0.15) is 0 Å². The van der Waals surface area contributed by atoms with E-state index >= 15 is 0 Å². The van der Waals surface area contributed by atoms with Crippen LogP contribution in [0.15, 0.2) is 24.3 Å². The zero-order chi connectivity index (χ0) is 13.0. The Bertz CT molecular complexity index is 408. The van der Waals surface area contributed by atoms with Gasteiger partial charge in [0.1, 0.15) is 5.75 Å². The molecule has 0 heterocycles. The molecule has 1 aromatic rings. The maximum Gasteiger partial charge on any atom is 0.240 e. The Hall–Kier alpha value is -1.55. The van der Waals surface area contributed by atoms with Crippen molar-refractivity contribution in [1.29, 1.82) is 0 Å². The van der Waals surface area contributed by atoms with E-state index in [2.05, 4.69) is 5.32 Å². The van der Waals surface area contributed by atoms with Gasteiger partial charge in [0.25, 0.3) is 0 Å². The van der Waals surface area contributed by atoms with Gasteiger partial charge in [-0.3, -0.25) is 4.79 Å². The van der Waals surface area contributed by atoms with E-state index in [1.54, 1.807) is 7.11 Å².